The van der Waals surface area contributed by atoms with Crippen LogP contribution in [0.5, 0.6) is 0 Å². The molecule has 4 heteroatoms. The Kier molecular flexibility index (Phi) is 3.41. The molecule has 0 atom stereocenters. The van der Waals surface area contributed by atoms with Crippen LogP contribution in [-0.4, -0.2) is 16.1 Å². The topological polar surface area (TPSA) is 43.0 Å². The Hall–Kier alpha value is -1.55. The van der Waals surface area contributed by atoms with Gasteiger partial charge >= 0.3 is 0 Å². The summed E-state index contributed by atoms with van der Waals surface area (Å²) in [4.78, 5) is 4.01. The molecule has 0 radical (unpaired) electrons. The van der Waals surface area contributed by atoms with Gasteiger partial charge < -0.3 is 14.3 Å². The average Bonchev–Trinajstić information content (AvgIpc) is 2.86. The number of nitrogens with one attached hydrogen (secondary N) is 1. The maximum atomic E-state index is 5.78. The zero-order valence-corrected chi connectivity index (χ0v) is 9.73. The molecule has 0 spiro atoms. The van der Waals surface area contributed by atoms with E-state index in [0.717, 1.165) is 31.2 Å². The molecule has 1 N–H and O–H groups in total. The number of nitrogens with zero attached hydrogens (tertiary/aromatic N) is 2. The normalized spacial score (nSPS) is 10.9. The molecule has 4 nitrogen and oxygen atoms in total. The van der Waals surface area contributed by atoms with Gasteiger partial charge in [0.15, 0.2) is 0 Å². The van der Waals surface area contributed by atoms with Gasteiger partial charge in [-0.1, -0.05) is 6.92 Å². The maximum Gasteiger partial charge on any atom is 0.124 e. The van der Waals surface area contributed by atoms with Gasteiger partial charge in [0.25, 0.3) is 0 Å². The van der Waals surface area contributed by atoms with Crippen LogP contribution >= 0.6 is 0 Å². The second-order valence-electron chi connectivity index (χ2n) is 3.83. The molecule has 0 saturated heterocycles. The Balaban J connectivity index is 2.05. The van der Waals surface area contributed by atoms with Gasteiger partial charge in [-0.25, -0.2) is 4.98 Å². The van der Waals surface area contributed by atoms with Crippen LogP contribution in [0.25, 0.3) is 0 Å². The van der Waals surface area contributed by atoms with Crippen molar-refractivity contribution in [2.45, 2.75) is 26.9 Å². The third-order valence-corrected chi connectivity index (χ3v) is 2.50. The van der Waals surface area contributed by atoms with Crippen LogP contribution in [0.1, 0.15) is 24.0 Å². The van der Waals surface area contributed by atoms with Crippen LogP contribution in [-0.2, 0) is 13.1 Å². The van der Waals surface area contributed by atoms with Gasteiger partial charge in [-0.2, -0.15) is 0 Å². The molecule has 0 fully saturated rings. The summed E-state index contributed by atoms with van der Waals surface area (Å²) in [5.41, 5.74) is 1.20. The summed E-state index contributed by atoms with van der Waals surface area (Å²) in [6.07, 6.45) is 5.50. The Labute approximate surface area is 95.3 Å². The number of aromatic nitrogens is 2. The second kappa shape index (κ2) is 4.99. The molecule has 86 valence electrons. The van der Waals surface area contributed by atoms with Crippen molar-refractivity contribution in [1.29, 1.82) is 0 Å². The first-order valence-electron chi connectivity index (χ1n) is 5.54. The van der Waals surface area contributed by atoms with Crippen molar-refractivity contribution in [1.82, 2.24) is 14.9 Å². The lowest BCUT2D eigenvalue weighted by atomic mass is 10.2. The average molecular weight is 219 g/mol. The summed E-state index contributed by atoms with van der Waals surface area (Å²) in [7, 11) is 0. The fourth-order valence-corrected chi connectivity index (χ4v) is 1.64. The van der Waals surface area contributed by atoms with Crippen molar-refractivity contribution in [2.75, 3.05) is 6.54 Å². The smallest absolute Gasteiger partial charge is 0.124 e. The van der Waals surface area contributed by atoms with E-state index in [0.29, 0.717) is 0 Å². The van der Waals surface area contributed by atoms with Crippen molar-refractivity contribution in [2.24, 2.45) is 0 Å². The molecule has 0 aromatic carbocycles. The molecule has 2 heterocycles. The van der Waals surface area contributed by atoms with Crippen LogP contribution < -0.4 is 5.32 Å². The van der Waals surface area contributed by atoms with E-state index in [1.165, 1.54) is 5.56 Å². The van der Waals surface area contributed by atoms with Gasteiger partial charge in [-0.3, -0.25) is 0 Å². The zero-order valence-electron chi connectivity index (χ0n) is 9.73. The summed E-state index contributed by atoms with van der Waals surface area (Å²) in [5.74, 6) is 2.00. The van der Waals surface area contributed by atoms with E-state index in [2.05, 4.69) is 30.2 Å². The van der Waals surface area contributed by atoms with Crippen LogP contribution in [0.4, 0.5) is 0 Å². The largest absolute Gasteiger partial charge is 0.463 e. The lowest BCUT2D eigenvalue weighted by Gasteiger charge is -1.99. The zero-order chi connectivity index (χ0) is 11.4. The van der Waals surface area contributed by atoms with Gasteiger partial charge in [0.2, 0.25) is 0 Å². The van der Waals surface area contributed by atoms with E-state index in [9.17, 15) is 0 Å². The van der Waals surface area contributed by atoms with Gasteiger partial charge in [-0.05, 0) is 25.1 Å². The van der Waals surface area contributed by atoms with E-state index >= 15 is 0 Å². The molecular formula is C12H17N3O. The summed E-state index contributed by atoms with van der Waals surface area (Å²) in [5, 5.41) is 3.26. The highest BCUT2D eigenvalue weighted by atomic mass is 16.3. The first-order valence-corrected chi connectivity index (χ1v) is 5.54. The number of rotatable bonds is 5. The first-order chi connectivity index (χ1) is 7.79. The number of aryl methyl sites for hydroxylation is 1. The number of hydrogen-bond acceptors (Lipinski definition) is 3. The fourth-order valence-electron chi connectivity index (χ4n) is 1.64. The van der Waals surface area contributed by atoms with Crippen molar-refractivity contribution in [3.8, 4) is 0 Å². The van der Waals surface area contributed by atoms with Crippen LogP contribution in [0, 0.1) is 6.92 Å². The molecule has 0 saturated carbocycles. The van der Waals surface area contributed by atoms with Gasteiger partial charge in [-0.15, -0.1) is 0 Å². The standard InChI is InChI=1S/C12H17N3O/c1-3-13-7-12-10(2)6-11(16-12)8-15-5-4-14-9-15/h4-6,9,13H,3,7-8H2,1-2H3. The minimum Gasteiger partial charge on any atom is -0.463 e. The minimum atomic E-state index is 0.743. The molecule has 2 aromatic rings. The highest BCUT2D eigenvalue weighted by Gasteiger charge is 2.07. The van der Waals surface area contributed by atoms with Gasteiger partial charge in [0.05, 0.1) is 19.4 Å². The lowest BCUT2D eigenvalue weighted by Crippen LogP contribution is -2.11. The molecular weight excluding hydrogens is 202 g/mol. The SMILES string of the molecule is CCNCc1oc(Cn2ccnc2)cc1C. The highest BCUT2D eigenvalue weighted by molar-refractivity contribution is 5.20. The van der Waals surface area contributed by atoms with E-state index < -0.39 is 0 Å². The molecule has 0 bridgehead atoms. The second-order valence-corrected chi connectivity index (χ2v) is 3.83. The number of hydrogen-bond donors (Lipinski definition) is 1. The third-order valence-electron chi connectivity index (χ3n) is 2.50. The molecule has 0 aliphatic heterocycles. The summed E-state index contributed by atoms with van der Waals surface area (Å²) in [6.45, 7) is 6.66. The van der Waals surface area contributed by atoms with Gasteiger partial charge in [0.1, 0.15) is 11.5 Å². The Bertz CT molecular complexity index is 431. The van der Waals surface area contributed by atoms with Crippen LogP contribution in [0.2, 0.25) is 0 Å². The molecule has 0 aliphatic carbocycles. The van der Waals surface area contributed by atoms with Gasteiger partial charge in [0, 0.05) is 12.4 Å². The van der Waals surface area contributed by atoms with E-state index in [-0.39, 0.29) is 0 Å². The molecule has 16 heavy (non-hydrogen) atoms. The van der Waals surface area contributed by atoms with Crippen molar-refractivity contribution in [3.63, 3.8) is 0 Å². The number of imidazole rings is 1. The van der Waals surface area contributed by atoms with Crippen LogP contribution in [0.15, 0.2) is 29.2 Å². The molecule has 2 aromatic heterocycles. The van der Waals surface area contributed by atoms with Crippen LogP contribution in [0.3, 0.4) is 0 Å². The fraction of sp³-hybridized carbons (Fsp3) is 0.417. The lowest BCUT2D eigenvalue weighted by molar-refractivity contribution is 0.438. The summed E-state index contributed by atoms with van der Waals surface area (Å²) >= 11 is 0. The summed E-state index contributed by atoms with van der Waals surface area (Å²) < 4.78 is 7.77. The van der Waals surface area contributed by atoms with E-state index in [1.54, 1.807) is 12.5 Å². The molecule has 0 unspecified atom stereocenters. The molecule has 0 amide bonds. The predicted octanol–water partition coefficient (Wildman–Crippen LogP) is 1.94. The quantitative estimate of drug-likeness (QED) is 0.835. The van der Waals surface area contributed by atoms with E-state index in [1.807, 2.05) is 10.8 Å². The first kappa shape index (κ1) is 11.0. The number of furan rings is 1. The third kappa shape index (κ3) is 2.52. The Morgan fingerprint density at radius 2 is 2.38 bits per heavy atom. The Morgan fingerprint density at radius 1 is 1.50 bits per heavy atom. The van der Waals surface area contributed by atoms with Crippen molar-refractivity contribution >= 4 is 0 Å². The van der Waals surface area contributed by atoms with Crippen molar-refractivity contribution < 1.29 is 4.42 Å². The minimum absolute atomic E-state index is 0.743. The highest BCUT2D eigenvalue weighted by Crippen LogP contribution is 2.15. The maximum absolute atomic E-state index is 5.78. The monoisotopic (exact) mass is 219 g/mol. The molecule has 0 aliphatic rings. The Morgan fingerprint density at radius 3 is 3.06 bits per heavy atom. The summed E-state index contributed by atoms with van der Waals surface area (Å²) in [6, 6.07) is 2.09. The molecule has 2 rings (SSSR count). The predicted molar refractivity (Wildman–Crippen MR) is 62.2 cm³/mol. The van der Waals surface area contributed by atoms with Crippen molar-refractivity contribution in [3.05, 3.63) is 41.9 Å². The van der Waals surface area contributed by atoms with E-state index in [4.69, 9.17) is 4.42 Å².